The fraction of sp³-hybridized carbons (Fsp3) is 0. The number of thiophene rings is 1. The average Bonchev–Trinajstić information content (AvgIpc) is 3.09. The van der Waals surface area contributed by atoms with Gasteiger partial charge >= 0.3 is 0 Å². The molecule has 0 bridgehead atoms. The second kappa shape index (κ2) is 4.66. The van der Waals surface area contributed by atoms with Crippen molar-refractivity contribution in [2.45, 2.75) is 0 Å². The van der Waals surface area contributed by atoms with Crippen LogP contribution in [0.2, 0.25) is 0 Å². The summed E-state index contributed by atoms with van der Waals surface area (Å²) in [6.45, 7) is 0. The third-order valence-electron chi connectivity index (χ3n) is 2.67. The maximum Gasteiger partial charge on any atom is 0.104 e. The largest absolute Gasteiger partial charge is 0.545 e. The Bertz CT molecular complexity index is 702. The van der Waals surface area contributed by atoms with E-state index in [2.05, 4.69) is 10.3 Å². The van der Waals surface area contributed by atoms with Gasteiger partial charge in [0, 0.05) is 0 Å². The highest BCUT2D eigenvalue weighted by Gasteiger charge is 2.09. The summed E-state index contributed by atoms with van der Waals surface area (Å²) in [6, 6.07) is 10.3. The van der Waals surface area contributed by atoms with Crippen LogP contribution in [0.3, 0.4) is 0 Å². The Hall–Kier alpha value is -2.47. The molecule has 3 aromatic rings. The quantitative estimate of drug-likeness (QED) is 0.720. The summed E-state index contributed by atoms with van der Waals surface area (Å²) in [5.74, 6) is -1.19. The Labute approximate surface area is 112 Å². The summed E-state index contributed by atoms with van der Waals surface area (Å²) < 4.78 is 1.67. The van der Waals surface area contributed by atoms with Gasteiger partial charge in [-0.15, -0.1) is 16.4 Å². The van der Waals surface area contributed by atoms with Gasteiger partial charge in [0.25, 0.3) is 0 Å². The van der Waals surface area contributed by atoms with Crippen LogP contribution in [0.4, 0.5) is 0 Å². The molecule has 6 heteroatoms. The van der Waals surface area contributed by atoms with Crippen LogP contribution < -0.4 is 5.11 Å². The second-order valence-electron chi connectivity index (χ2n) is 3.84. The molecule has 0 saturated heterocycles. The van der Waals surface area contributed by atoms with Crippen LogP contribution in [0.15, 0.2) is 48.0 Å². The highest BCUT2D eigenvalue weighted by Crippen LogP contribution is 2.25. The molecule has 0 atom stereocenters. The van der Waals surface area contributed by atoms with Gasteiger partial charge in [0.15, 0.2) is 0 Å². The molecule has 0 N–H and O–H groups in total. The zero-order valence-corrected chi connectivity index (χ0v) is 10.5. The lowest BCUT2D eigenvalue weighted by molar-refractivity contribution is -0.255. The molecule has 0 fully saturated rings. The molecule has 0 radical (unpaired) electrons. The summed E-state index contributed by atoms with van der Waals surface area (Å²) in [5.41, 5.74) is 1.77. The van der Waals surface area contributed by atoms with Crippen LogP contribution in [0, 0.1) is 0 Å². The molecule has 0 aliphatic rings. The zero-order valence-electron chi connectivity index (χ0n) is 9.69. The highest BCUT2D eigenvalue weighted by molar-refractivity contribution is 7.13. The lowest BCUT2D eigenvalue weighted by Gasteiger charge is -2.06. The molecule has 3 rings (SSSR count). The fourth-order valence-corrected chi connectivity index (χ4v) is 2.48. The molecule has 19 heavy (non-hydrogen) atoms. The molecule has 0 saturated carbocycles. The maximum absolute atomic E-state index is 10.7. The minimum absolute atomic E-state index is 0.140. The van der Waals surface area contributed by atoms with E-state index in [-0.39, 0.29) is 5.56 Å². The maximum atomic E-state index is 10.7. The molecular formula is C13H8N3O2S-. The molecule has 0 aliphatic carbocycles. The molecule has 2 aromatic heterocycles. The first-order valence-corrected chi connectivity index (χ1v) is 6.40. The van der Waals surface area contributed by atoms with Gasteiger partial charge in [-0.05, 0) is 29.1 Å². The number of nitrogens with zero attached hydrogens (tertiary/aromatic N) is 3. The Morgan fingerprint density at radius 2 is 2.00 bits per heavy atom. The van der Waals surface area contributed by atoms with E-state index in [1.54, 1.807) is 34.3 Å². The average molecular weight is 270 g/mol. The Morgan fingerprint density at radius 1 is 1.21 bits per heavy atom. The predicted molar refractivity (Wildman–Crippen MR) is 69.0 cm³/mol. The molecule has 0 amide bonds. The summed E-state index contributed by atoms with van der Waals surface area (Å²) in [6.07, 6.45) is 1.68. The van der Waals surface area contributed by atoms with Crippen molar-refractivity contribution in [1.29, 1.82) is 0 Å². The van der Waals surface area contributed by atoms with Crippen molar-refractivity contribution in [3.05, 3.63) is 53.5 Å². The van der Waals surface area contributed by atoms with Crippen LogP contribution in [-0.2, 0) is 0 Å². The van der Waals surface area contributed by atoms with Gasteiger partial charge < -0.3 is 9.90 Å². The van der Waals surface area contributed by atoms with Gasteiger partial charge in [-0.25, -0.2) is 4.68 Å². The van der Waals surface area contributed by atoms with E-state index in [1.807, 2.05) is 17.5 Å². The first kappa shape index (κ1) is 11.6. The molecule has 5 nitrogen and oxygen atoms in total. The van der Waals surface area contributed by atoms with E-state index < -0.39 is 5.97 Å². The highest BCUT2D eigenvalue weighted by atomic mass is 32.1. The van der Waals surface area contributed by atoms with Crippen LogP contribution >= 0.6 is 11.3 Å². The number of carbonyl (C=O) groups is 1. The summed E-state index contributed by atoms with van der Waals surface area (Å²) in [4.78, 5) is 11.8. The van der Waals surface area contributed by atoms with Gasteiger partial charge in [0.1, 0.15) is 5.69 Å². The standard InChI is InChI=1S/C13H9N3O2S/c17-13(18)9-3-5-10(6-4-9)16-11(8-14-15-16)12-2-1-7-19-12/h1-8H,(H,17,18)/p-1. The minimum Gasteiger partial charge on any atom is -0.545 e. The fourth-order valence-electron chi connectivity index (χ4n) is 1.76. The Balaban J connectivity index is 2.03. The van der Waals surface area contributed by atoms with E-state index in [9.17, 15) is 9.90 Å². The zero-order chi connectivity index (χ0) is 13.2. The smallest absolute Gasteiger partial charge is 0.104 e. The van der Waals surface area contributed by atoms with Crippen LogP contribution in [-0.4, -0.2) is 21.0 Å². The predicted octanol–water partition coefficient (Wildman–Crippen LogP) is 1.36. The SMILES string of the molecule is O=C([O-])c1ccc(-n2nncc2-c2cccs2)cc1. The van der Waals surface area contributed by atoms with Crippen molar-refractivity contribution in [3.63, 3.8) is 0 Å². The number of carbonyl (C=O) groups excluding carboxylic acids is 1. The first-order valence-electron chi connectivity index (χ1n) is 5.52. The number of carboxylic acids is 1. The van der Waals surface area contributed by atoms with Gasteiger partial charge in [-0.1, -0.05) is 23.4 Å². The number of rotatable bonds is 3. The van der Waals surface area contributed by atoms with Crippen LogP contribution in [0.25, 0.3) is 16.3 Å². The number of carboxylic acid groups (broad SMARTS) is 1. The topological polar surface area (TPSA) is 70.8 Å². The monoisotopic (exact) mass is 270 g/mol. The van der Waals surface area contributed by atoms with E-state index >= 15 is 0 Å². The van der Waals surface area contributed by atoms with Gasteiger partial charge in [0.05, 0.1) is 22.7 Å². The Morgan fingerprint density at radius 3 is 2.63 bits per heavy atom. The van der Waals surface area contributed by atoms with Crippen molar-refractivity contribution >= 4 is 17.3 Å². The molecule has 2 heterocycles. The third kappa shape index (κ3) is 2.13. The lowest BCUT2D eigenvalue weighted by atomic mass is 10.2. The molecule has 0 aliphatic heterocycles. The third-order valence-corrected chi connectivity index (χ3v) is 3.56. The Kier molecular flexibility index (Phi) is 2.85. The van der Waals surface area contributed by atoms with Crippen molar-refractivity contribution in [1.82, 2.24) is 15.0 Å². The number of hydrogen-bond donors (Lipinski definition) is 0. The molecular weight excluding hydrogens is 262 g/mol. The van der Waals surface area contributed by atoms with E-state index in [1.165, 1.54) is 12.1 Å². The normalized spacial score (nSPS) is 10.5. The van der Waals surface area contributed by atoms with E-state index in [4.69, 9.17) is 0 Å². The molecule has 0 unspecified atom stereocenters. The number of aromatic carboxylic acids is 1. The summed E-state index contributed by atoms with van der Waals surface area (Å²) in [5, 5.41) is 20.6. The van der Waals surface area contributed by atoms with Crippen molar-refractivity contribution in [2.75, 3.05) is 0 Å². The van der Waals surface area contributed by atoms with Gasteiger partial charge in [-0.3, -0.25) is 0 Å². The summed E-state index contributed by atoms with van der Waals surface area (Å²) in [7, 11) is 0. The van der Waals surface area contributed by atoms with Crippen molar-refractivity contribution in [2.24, 2.45) is 0 Å². The van der Waals surface area contributed by atoms with Gasteiger partial charge in [0.2, 0.25) is 0 Å². The van der Waals surface area contributed by atoms with Crippen molar-refractivity contribution < 1.29 is 9.90 Å². The lowest BCUT2D eigenvalue weighted by Crippen LogP contribution is -2.22. The molecule has 0 spiro atoms. The van der Waals surface area contributed by atoms with Gasteiger partial charge in [-0.2, -0.15) is 0 Å². The number of hydrogen-bond acceptors (Lipinski definition) is 5. The van der Waals surface area contributed by atoms with E-state index in [0.717, 1.165) is 16.3 Å². The van der Waals surface area contributed by atoms with Crippen molar-refractivity contribution in [3.8, 4) is 16.3 Å². The molecule has 1 aromatic carbocycles. The number of benzene rings is 1. The summed E-state index contributed by atoms with van der Waals surface area (Å²) >= 11 is 1.59. The molecule has 94 valence electrons. The first-order chi connectivity index (χ1) is 9.25. The van der Waals surface area contributed by atoms with Crippen LogP contribution in [0.1, 0.15) is 10.4 Å². The number of aromatic nitrogens is 3. The van der Waals surface area contributed by atoms with Crippen LogP contribution in [0.5, 0.6) is 0 Å². The minimum atomic E-state index is -1.19. The second-order valence-corrected chi connectivity index (χ2v) is 4.79. The van der Waals surface area contributed by atoms with E-state index in [0.29, 0.717) is 0 Å².